The van der Waals surface area contributed by atoms with Crippen molar-refractivity contribution >= 4 is 18.5 Å². The van der Waals surface area contributed by atoms with Crippen LogP contribution >= 0.6 is 0 Å². The monoisotopic (exact) mass is 222 g/mol. The SMILES string of the molecule is CN(CC(N)=O)Cc1cccc(B(O)O)c1. The van der Waals surface area contributed by atoms with Gasteiger partial charge < -0.3 is 15.8 Å². The van der Waals surface area contributed by atoms with Gasteiger partial charge in [-0.1, -0.05) is 24.3 Å². The summed E-state index contributed by atoms with van der Waals surface area (Å²) in [6.45, 7) is 0.704. The molecule has 0 aromatic heterocycles. The lowest BCUT2D eigenvalue weighted by Crippen LogP contribution is -2.32. The summed E-state index contributed by atoms with van der Waals surface area (Å²) >= 11 is 0. The Kier molecular flexibility index (Phi) is 4.48. The number of amides is 1. The zero-order valence-corrected chi connectivity index (χ0v) is 9.13. The lowest BCUT2D eigenvalue weighted by Gasteiger charge is -2.14. The fourth-order valence-corrected chi connectivity index (χ4v) is 1.49. The van der Waals surface area contributed by atoms with Gasteiger partial charge in [-0.25, -0.2) is 0 Å². The van der Waals surface area contributed by atoms with E-state index in [9.17, 15) is 4.79 Å². The zero-order chi connectivity index (χ0) is 12.1. The van der Waals surface area contributed by atoms with Crippen molar-refractivity contribution in [1.29, 1.82) is 0 Å². The number of nitrogens with two attached hydrogens (primary N) is 1. The lowest BCUT2D eigenvalue weighted by atomic mass is 9.79. The van der Waals surface area contributed by atoms with Gasteiger partial charge in [0.15, 0.2) is 0 Å². The maximum absolute atomic E-state index is 10.7. The van der Waals surface area contributed by atoms with Crippen molar-refractivity contribution in [3.05, 3.63) is 29.8 Å². The van der Waals surface area contributed by atoms with Crippen LogP contribution in [0.3, 0.4) is 0 Å². The third-order valence-corrected chi connectivity index (χ3v) is 2.13. The lowest BCUT2D eigenvalue weighted by molar-refractivity contribution is -0.118. The molecule has 0 aliphatic rings. The molecule has 5 nitrogen and oxygen atoms in total. The molecule has 0 spiro atoms. The molecule has 6 heteroatoms. The molecule has 0 atom stereocenters. The average Bonchev–Trinajstić information content (AvgIpc) is 2.16. The van der Waals surface area contributed by atoms with Gasteiger partial charge in [0, 0.05) is 6.54 Å². The molecule has 4 N–H and O–H groups in total. The molecule has 0 saturated carbocycles. The minimum atomic E-state index is -1.47. The minimum absolute atomic E-state index is 0.173. The first kappa shape index (κ1) is 12.7. The fraction of sp³-hybridized carbons (Fsp3) is 0.300. The molecule has 0 aliphatic carbocycles. The summed E-state index contributed by atoms with van der Waals surface area (Å²) in [5.74, 6) is -0.388. The average molecular weight is 222 g/mol. The van der Waals surface area contributed by atoms with Crippen molar-refractivity contribution in [2.75, 3.05) is 13.6 Å². The highest BCUT2D eigenvalue weighted by Crippen LogP contribution is 2.01. The van der Waals surface area contributed by atoms with E-state index in [2.05, 4.69) is 0 Å². The van der Waals surface area contributed by atoms with Crippen LogP contribution in [0.15, 0.2) is 24.3 Å². The van der Waals surface area contributed by atoms with Crippen LogP contribution in [0.5, 0.6) is 0 Å². The Balaban J connectivity index is 2.66. The Morgan fingerprint density at radius 2 is 2.19 bits per heavy atom. The number of carbonyl (C=O) groups excluding carboxylic acids is 1. The minimum Gasteiger partial charge on any atom is -0.423 e. The largest absolute Gasteiger partial charge is 0.488 e. The molecule has 0 fully saturated rings. The first-order valence-electron chi connectivity index (χ1n) is 4.91. The van der Waals surface area contributed by atoms with Gasteiger partial charge in [-0.3, -0.25) is 9.69 Å². The Morgan fingerprint density at radius 3 is 2.75 bits per heavy atom. The second-order valence-corrected chi connectivity index (χ2v) is 3.76. The van der Waals surface area contributed by atoms with Crippen LogP contribution < -0.4 is 11.2 Å². The summed E-state index contributed by atoms with van der Waals surface area (Å²) in [5.41, 5.74) is 6.40. The molecular weight excluding hydrogens is 207 g/mol. The topological polar surface area (TPSA) is 86.8 Å². The molecule has 86 valence electrons. The van der Waals surface area contributed by atoms with Gasteiger partial charge in [0.1, 0.15) is 0 Å². The summed E-state index contributed by atoms with van der Waals surface area (Å²) in [6.07, 6.45) is 0. The third-order valence-electron chi connectivity index (χ3n) is 2.13. The van der Waals surface area contributed by atoms with E-state index in [0.29, 0.717) is 12.0 Å². The molecule has 0 saturated heterocycles. The molecule has 0 aliphatic heterocycles. The van der Waals surface area contributed by atoms with Crippen LogP contribution in [0, 0.1) is 0 Å². The van der Waals surface area contributed by atoms with Crippen molar-refractivity contribution in [2.45, 2.75) is 6.54 Å². The smallest absolute Gasteiger partial charge is 0.423 e. The summed E-state index contributed by atoms with van der Waals surface area (Å²) in [4.78, 5) is 12.4. The van der Waals surface area contributed by atoms with Crippen molar-refractivity contribution in [3.8, 4) is 0 Å². The van der Waals surface area contributed by atoms with E-state index in [4.69, 9.17) is 15.8 Å². The quantitative estimate of drug-likeness (QED) is 0.517. The molecule has 0 unspecified atom stereocenters. The Hall–Kier alpha value is -1.37. The van der Waals surface area contributed by atoms with Crippen LogP contribution in [0.2, 0.25) is 0 Å². The summed E-state index contributed by atoms with van der Waals surface area (Å²) in [6, 6.07) is 6.90. The van der Waals surface area contributed by atoms with Gasteiger partial charge in [-0.05, 0) is 18.1 Å². The van der Waals surface area contributed by atoms with E-state index in [-0.39, 0.29) is 12.5 Å². The summed E-state index contributed by atoms with van der Waals surface area (Å²) in [7, 11) is 0.300. The number of rotatable bonds is 5. The van der Waals surface area contributed by atoms with Crippen molar-refractivity contribution < 1.29 is 14.8 Å². The van der Waals surface area contributed by atoms with Gasteiger partial charge in [-0.15, -0.1) is 0 Å². The van der Waals surface area contributed by atoms with Crippen molar-refractivity contribution in [2.24, 2.45) is 5.73 Å². The van der Waals surface area contributed by atoms with E-state index < -0.39 is 7.12 Å². The second-order valence-electron chi connectivity index (χ2n) is 3.76. The van der Waals surface area contributed by atoms with Gasteiger partial charge in [0.2, 0.25) is 5.91 Å². The number of hydrogen-bond donors (Lipinski definition) is 3. The predicted molar refractivity (Wildman–Crippen MR) is 61.8 cm³/mol. The Labute approximate surface area is 94.6 Å². The maximum Gasteiger partial charge on any atom is 0.488 e. The standard InChI is InChI=1S/C10H15BN2O3/c1-13(7-10(12)14)6-8-3-2-4-9(5-8)11(15)16/h2-5,15-16H,6-7H2,1H3,(H2,12,14). The fourth-order valence-electron chi connectivity index (χ4n) is 1.49. The van der Waals surface area contributed by atoms with Gasteiger partial charge in [-0.2, -0.15) is 0 Å². The number of primary amides is 1. The molecule has 1 aromatic carbocycles. The van der Waals surface area contributed by atoms with Crippen LogP contribution in [0.1, 0.15) is 5.56 Å². The van der Waals surface area contributed by atoms with Crippen molar-refractivity contribution in [3.63, 3.8) is 0 Å². The van der Waals surface area contributed by atoms with Crippen LogP contribution in [0.25, 0.3) is 0 Å². The Morgan fingerprint density at radius 1 is 1.50 bits per heavy atom. The third kappa shape index (κ3) is 4.02. The number of nitrogens with zero attached hydrogens (tertiary/aromatic N) is 1. The summed E-state index contributed by atoms with van der Waals surface area (Å²) in [5, 5.41) is 18.0. The number of carbonyl (C=O) groups is 1. The molecule has 16 heavy (non-hydrogen) atoms. The van der Waals surface area contributed by atoms with Crippen LogP contribution in [-0.2, 0) is 11.3 Å². The number of likely N-dealkylation sites (N-methyl/N-ethyl adjacent to an activating group) is 1. The first-order valence-corrected chi connectivity index (χ1v) is 4.91. The highest BCUT2D eigenvalue weighted by atomic mass is 16.4. The second kappa shape index (κ2) is 5.65. The highest BCUT2D eigenvalue weighted by Gasteiger charge is 2.11. The number of hydrogen-bond acceptors (Lipinski definition) is 4. The molecule has 1 rings (SSSR count). The van der Waals surface area contributed by atoms with E-state index in [1.165, 1.54) is 0 Å². The van der Waals surface area contributed by atoms with Gasteiger partial charge in [0.05, 0.1) is 6.54 Å². The molecule has 1 amide bonds. The van der Waals surface area contributed by atoms with E-state index in [1.54, 1.807) is 30.1 Å². The maximum atomic E-state index is 10.7. The molecular formula is C10H15BN2O3. The Bertz CT molecular complexity index is 371. The molecule has 0 heterocycles. The van der Waals surface area contributed by atoms with E-state index >= 15 is 0 Å². The molecule has 0 radical (unpaired) electrons. The van der Waals surface area contributed by atoms with Gasteiger partial charge in [0.25, 0.3) is 0 Å². The van der Waals surface area contributed by atoms with E-state index in [0.717, 1.165) is 5.56 Å². The van der Waals surface area contributed by atoms with Crippen molar-refractivity contribution in [1.82, 2.24) is 4.90 Å². The molecule has 0 bridgehead atoms. The van der Waals surface area contributed by atoms with Gasteiger partial charge >= 0.3 is 7.12 Å². The van der Waals surface area contributed by atoms with E-state index in [1.807, 2.05) is 6.07 Å². The predicted octanol–water partition coefficient (Wildman–Crippen LogP) is -1.72. The molecule has 1 aromatic rings. The highest BCUT2D eigenvalue weighted by molar-refractivity contribution is 6.58. The number of benzene rings is 1. The normalized spacial score (nSPS) is 10.5. The first-order chi connectivity index (χ1) is 7.49. The summed E-state index contributed by atoms with van der Waals surface area (Å²) < 4.78 is 0. The van der Waals surface area contributed by atoms with Crippen LogP contribution in [0.4, 0.5) is 0 Å². The van der Waals surface area contributed by atoms with Crippen LogP contribution in [-0.4, -0.2) is 41.6 Å². The zero-order valence-electron chi connectivity index (χ0n) is 9.13.